The first kappa shape index (κ1) is 21.2. The third-order valence-electron chi connectivity index (χ3n) is 4.11. The number of anilines is 2. The van der Waals surface area contributed by atoms with E-state index in [1.165, 1.54) is 4.90 Å². The number of likely N-dealkylation sites (N-methyl/N-ethyl adjacent to an activating group) is 1. The van der Waals surface area contributed by atoms with Gasteiger partial charge in [-0.25, -0.2) is 0 Å². The van der Waals surface area contributed by atoms with Gasteiger partial charge in [-0.1, -0.05) is 44.5 Å². The molecule has 0 aliphatic heterocycles. The molecule has 0 atom stereocenters. The molecule has 0 saturated heterocycles. The number of rotatable bonds is 5. The minimum Gasteiger partial charge on any atom is -0.332 e. The number of carbonyl (C=O) groups excluding carboxylic acids is 3. The maximum absolute atomic E-state index is 12.6. The fraction of sp³-hybridized carbons (Fsp3) is 0.318. The van der Waals surface area contributed by atoms with Crippen molar-refractivity contribution in [3.05, 3.63) is 59.7 Å². The van der Waals surface area contributed by atoms with Crippen molar-refractivity contribution in [2.24, 2.45) is 5.41 Å². The molecule has 2 aromatic rings. The zero-order chi connectivity index (χ0) is 20.9. The van der Waals surface area contributed by atoms with E-state index in [9.17, 15) is 14.4 Å². The molecule has 0 aliphatic carbocycles. The second kappa shape index (κ2) is 8.69. The van der Waals surface area contributed by atoms with Crippen LogP contribution in [0.25, 0.3) is 0 Å². The van der Waals surface area contributed by atoms with Crippen LogP contribution in [0.4, 0.5) is 11.4 Å². The Hall–Kier alpha value is -3.15. The van der Waals surface area contributed by atoms with E-state index in [-0.39, 0.29) is 24.3 Å². The average molecular weight is 381 g/mol. The maximum Gasteiger partial charge on any atom is 0.254 e. The van der Waals surface area contributed by atoms with Gasteiger partial charge < -0.3 is 15.5 Å². The zero-order valence-corrected chi connectivity index (χ0v) is 17.0. The predicted molar refractivity (Wildman–Crippen MR) is 111 cm³/mol. The van der Waals surface area contributed by atoms with Crippen LogP contribution in [-0.2, 0) is 9.59 Å². The molecule has 0 heterocycles. The van der Waals surface area contributed by atoms with Crippen molar-refractivity contribution in [3.8, 4) is 0 Å². The summed E-state index contributed by atoms with van der Waals surface area (Å²) in [6.07, 6.45) is 0. The van der Waals surface area contributed by atoms with E-state index in [1.54, 1.807) is 31.3 Å². The van der Waals surface area contributed by atoms with Crippen LogP contribution in [0.3, 0.4) is 0 Å². The molecule has 2 aromatic carbocycles. The summed E-state index contributed by atoms with van der Waals surface area (Å²) in [5.74, 6) is -0.717. The molecule has 148 valence electrons. The van der Waals surface area contributed by atoms with Crippen molar-refractivity contribution >= 4 is 29.1 Å². The van der Waals surface area contributed by atoms with Crippen molar-refractivity contribution in [2.45, 2.75) is 27.7 Å². The molecule has 6 nitrogen and oxygen atoms in total. The number of aryl methyl sites for hydroxylation is 1. The Morgan fingerprint density at radius 1 is 0.929 bits per heavy atom. The molecule has 0 aromatic heterocycles. The number of hydrogen-bond acceptors (Lipinski definition) is 3. The number of carbonyl (C=O) groups is 3. The largest absolute Gasteiger partial charge is 0.332 e. The minimum absolute atomic E-state index is 0.0781. The summed E-state index contributed by atoms with van der Waals surface area (Å²) < 4.78 is 0. The van der Waals surface area contributed by atoms with Gasteiger partial charge in [0, 0.05) is 29.4 Å². The monoisotopic (exact) mass is 381 g/mol. The van der Waals surface area contributed by atoms with Crippen molar-refractivity contribution in [3.63, 3.8) is 0 Å². The predicted octanol–water partition coefficient (Wildman–Crippen LogP) is 3.69. The molecule has 0 spiro atoms. The number of hydrogen-bond donors (Lipinski definition) is 2. The zero-order valence-electron chi connectivity index (χ0n) is 17.0. The second-order valence-corrected chi connectivity index (χ2v) is 7.86. The van der Waals surface area contributed by atoms with Crippen LogP contribution in [-0.4, -0.2) is 36.2 Å². The Labute approximate surface area is 165 Å². The van der Waals surface area contributed by atoms with Crippen LogP contribution in [0.15, 0.2) is 48.5 Å². The molecule has 3 amide bonds. The lowest BCUT2D eigenvalue weighted by Crippen LogP contribution is -2.35. The quantitative estimate of drug-likeness (QED) is 0.829. The Morgan fingerprint density at radius 3 is 2.18 bits per heavy atom. The van der Waals surface area contributed by atoms with Crippen molar-refractivity contribution in [1.29, 1.82) is 0 Å². The van der Waals surface area contributed by atoms with Crippen LogP contribution in [0.2, 0.25) is 0 Å². The number of nitrogens with zero attached hydrogens (tertiary/aromatic N) is 1. The van der Waals surface area contributed by atoms with Gasteiger partial charge in [0.1, 0.15) is 0 Å². The van der Waals surface area contributed by atoms with Gasteiger partial charge >= 0.3 is 0 Å². The highest BCUT2D eigenvalue weighted by Gasteiger charge is 2.22. The Morgan fingerprint density at radius 2 is 1.57 bits per heavy atom. The standard InChI is InChI=1S/C22H27N3O3/c1-15-9-11-17(12-10-15)23-19(26)14-25(5)20(27)16-7-6-8-18(13-16)24-21(28)22(2,3)4/h6-13H,14H2,1-5H3,(H,23,26)(H,24,28). The Bertz CT molecular complexity index is 867. The van der Waals surface area contributed by atoms with E-state index >= 15 is 0 Å². The lowest BCUT2D eigenvalue weighted by Gasteiger charge is -2.19. The fourth-order valence-corrected chi connectivity index (χ4v) is 2.39. The smallest absolute Gasteiger partial charge is 0.254 e. The SMILES string of the molecule is Cc1ccc(NC(=O)CN(C)C(=O)c2cccc(NC(=O)C(C)(C)C)c2)cc1. The molecular weight excluding hydrogens is 354 g/mol. The van der Waals surface area contributed by atoms with Crippen molar-refractivity contribution in [2.75, 3.05) is 24.2 Å². The van der Waals surface area contributed by atoms with Gasteiger partial charge in [-0.05, 0) is 37.3 Å². The Balaban J connectivity index is 2.00. The van der Waals surface area contributed by atoms with E-state index in [0.717, 1.165) is 5.56 Å². The highest BCUT2D eigenvalue weighted by Crippen LogP contribution is 2.19. The molecule has 28 heavy (non-hydrogen) atoms. The minimum atomic E-state index is -0.537. The van der Waals surface area contributed by atoms with Gasteiger partial charge in [0.2, 0.25) is 11.8 Å². The van der Waals surface area contributed by atoms with Crippen molar-refractivity contribution in [1.82, 2.24) is 4.90 Å². The van der Waals surface area contributed by atoms with Gasteiger partial charge in [-0.2, -0.15) is 0 Å². The average Bonchev–Trinajstić information content (AvgIpc) is 2.62. The lowest BCUT2D eigenvalue weighted by molar-refractivity contribution is -0.123. The molecule has 0 unspecified atom stereocenters. The van der Waals surface area contributed by atoms with E-state index in [1.807, 2.05) is 52.0 Å². The fourth-order valence-electron chi connectivity index (χ4n) is 2.39. The molecule has 2 rings (SSSR count). The Kier molecular flexibility index (Phi) is 6.57. The highest BCUT2D eigenvalue weighted by molar-refractivity contribution is 6.01. The topological polar surface area (TPSA) is 78.5 Å². The van der Waals surface area contributed by atoms with E-state index < -0.39 is 5.41 Å². The number of amides is 3. The normalized spacial score (nSPS) is 10.9. The van der Waals surface area contributed by atoms with Crippen molar-refractivity contribution < 1.29 is 14.4 Å². The third kappa shape index (κ3) is 5.94. The van der Waals surface area contributed by atoms with Gasteiger partial charge in [0.25, 0.3) is 5.91 Å². The summed E-state index contributed by atoms with van der Waals surface area (Å²) in [6.45, 7) is 7.34. The molecule has 2 N–H and O–H groups in total. The lowest BCUT2D eigenvalue weighted by atomic mass is 9.95. The van der Waals surface area contributed by atoms with Crippen LogP contribution < -0.4 is 10.6 Å². The molecule has 0 fully saturated rings. The van der Waals surface area contributed by atoms with E-state index in [4.69, 9.17) is 0 Å². The van der Waals surface area contributed by atoms with Crippen LogP contribution in [0.5, 0.6) is 0 Å². The van der Waals surface area contributed by atoms with Crippen LogP contribution >= 0.6 is 0 Å². The van der Waals surface area contributed by atoms with Crippen LogP contribution in [0.1, 0.15) is 36.7 Å². The molecular formula is C22H27N3O3. The van der Waals surface area contributed by atoms with Gasteiger partial charge in [-0.15, -0.1) is 0 Å². The van der Waals surface area contributed by atoms with Gasteiger partial charge in [0.05, 0.1) is 6.54 Å². The molecule has 0 radical (unpaired) electrons. The summed E-state index contributed by atoms with van der Waals surface area (Å²) in [5, 5.41) is 5.58. The first-order valence-electron chi connectivity index (χ1n) is 9.10. The first-order valence-corrected chi connectivity index (χ1v) is 9.10. The number of nitrogens with one attached hydrogen (secondary N) is 2. The van der Waals surface area contributed by atoms with E-state index in [2.05, 4.69) is 10.6 Å². The summed E-state index contributed by atoms with van der Waals surface area (Å²) in [6, 6.07) is 14.1. The van der Waals surface area contributed by atoms with E-state index in [0.29, 0.717) is 16.9 Å². The van der Waals surface area contributed by atoms with Gasteiger partial charge in [0.15, 0.2) is 0 Å². The summed E-state index contributed by atoms with van der Waals surface area (Å²) in [4.78, 5) is 38.3. The summed E-state index contributed by atoms with van der Waals surface area (Å²) in [7, 11) is 1.57. The van der Waals surface area contributed by atoms with Crippen LogP contribution in [0, 0.1) is 12.3 Å². The summed E-state index contributed by atoms with van der Waals surface area (Å²) in [5.41, 5.74) is 2.19. The third-order valence-corrected chi connectivity index (χ3v) is 4.11. The highest BCUT2D eigenvalue weighted by atomic mass is 16.2. The second-order valence-electron chi connectivity index (χ2n) is 7.86. The van der Waals surface area contributed by atoms with Gasteiger partial charge in [-0.3, -0.25) is 14.4 Å². The maximum atomic E-state index is 12.6. The summed E-state index contributed by atoms with van der Waals surface area (Å²) >= 11 is 0. The first-order chi connectivity index (χ1) is 13.1. The molecule has 0 bridgehead atoms. The molecule has 0 saturated carbocycles. The molecule has 0 aliphatic rings. The molecule has 6 heteroatoms. The number of benzene rings is 2.